The summed E-state index contributed by atoms with van der Waals surface area (Å²) >= 11 is 0. The first-order chi connectivity index (χ1) is 11.1. The Morgan fingerprint density at radius 2 is 1.96 bits per heavy atom. The van der Waals surface area contributed by atoms with Crippen molar-refractivity contribution < 1.29 is 4.74 Å². The quantitative estimate of drug-likeness (QED) is 0.629. The summed E-state index contributed by atoms with van der Waals surface area (Å²) in [4.78, 5) is 25.6. The molecule has 0 aromatic heterocycles. The lowest BCUT2D eigenvalue weighted by atomic mass is 9.96. The smallest absolute Gasteiger partial charge is 0.268 e. The van der Waals surface area contributed by atoms with E-state index in [1.165, 1.54) is 0 Å². The molecule has 0 fully saturated rings. The van der Waals surface area contributed by atoms with Crippen LogP contribution in [0, 0.1) is 0 Å². The Labute approximate surface area is 135 Å². The molecule has 0 unspecified atom stereocenters. The number of unbranched alkanes of at least 4 members (excludes halogenated alkanes) is 1. The van der Waals surface area contributed by atoms with E-state index in [2.05, 4.69) is 6.92 Å². The lowest BCUT2D eigenvalue weighted by Gasteiger charge is -2.23. The number of hydrogen-bond donors (Lipinski definition) is 0. The van der Waals surface area contributed by atoms with Gasteiger partial charge in [0.2, 0.25) is 5.43 Å². The topological polar surface area (TPSA) is 46.6 Å². The number of nitrogens with zero attached hydrogens (tertiary/aromatic N) is 1. The van der Waals surface area contributed by atoms with Crippen LogP contribution in [-0.2, 0) is 0 Å². The van der Waals surface area contributed by atoms with E-state index >= 15 is 0 Å². The summed E-state index contributed by atoms with van der Waals surface area (Å²) in [5, 5.41) is 0. The second kappa shape index (κ2) is 6.24. The first-order valence-corrected chi connectivity index (χ1v) is 7.81. The van der Waals surface area contributed by atoms with Gasteiger partial charge in [-0.3, -0.25) is 9.59 Å². The molecule has 0 N–H and O–H groups in total. The van der Waals surface area contributed by atoms with Crippen molar-refractivity contribution in [2.24, 2.45) is 0 Å². The standard InChI is InChI=1S/C19H19NO3/c1-3-4-11-23-19-15(17(21)18(19)22)12-13-9-10-20(2)16-8-6-5-7-14(13)16/h5-10,12H,3-4,11H2,1-2H3/b13-12+. The predicted octanol–water partition coefficient (Wildman–Crippen LogP) is 2.97. The van der Waals surface area contributed by atoms with Crippen molar-refractivity contribution in [2.75, 3.05) is 18.6 Å². The van der Waals surface area contributed by atoms with Gasteiger partial charge in [-0.2, -0.15) is 0 Å². The summed E-state index contributed by atoms with van der Waals surface area (Å²) in [5.74, 6) is 0.209. The van der Waals surface area contributed by atoms with Gasteiger partial charge in [-0.1, -0.05) is 31.5 Å². The van der Waals surface area contributed by atoms with Gasteiger partial charge in [-0.25, -0.2) is 0 Å². The van der Waals surface area contributed by atoms with Crippen LogP contribution in [0.15, 0.2) is 46.1 Å². The molecule has 4 nitrogen and oxygen atoms in total. The van der Waals surface area contributed by atoms with Crippen molar-refractivity contribution in [3.63, 3.8) is 0 Å². The normalized spacial score (nSPS) is 15.2. The lowest BCUT2D eigenvalue weighted by Crippen LogP contribution is -2.35. The minimum atomic E-state index is -0.516. The molecule has 2 aromatic carbocycles. The van der Waals surface area contributed by atoms with Crippen LogP contribution in [0.1, 0.15) is 30.9 Å². The summed E-state index contributed by atoms with van der Waals surface area (Å²) in [6.07, 6.45) is 7.48. The number of para-hydroxylation sites is 1. The largest absolute Gasteiger partial charge is 0.489 e. The number of benzene rings is 1. The maximum Gasteiger partial charge on any atom is 0.268 e. The average Bonchev–Trinajstić information content (AvgIpc) is 2.59. The lowest BCUT2D eigenvalue weighted by molar-refractivity contribution is 0.302. The molecule has 23 heavy (non-hydrogen) atoms. The average molecular weight is 309 g/mol. The van der Waals surface area contributed by atoms with Gasteiger partial charge in [-0.15, -0.1) is 0 Å². The Balaban J connectivity index is 1.97. The van der Waals surface area contributed by atoms with Gasteiger partial charge in [0, 0.05) is 24.5 Å². The van der Waals surface area contributed by atoms with E-state index in [9.17, 15) is 9.59 Å². The van der Waals surface area contributed by atoms with Gasteiger partial charge in [0.25, 0.3) is 5.43 Å². The van der Waals surface area contributed by atoms with Crippen LogP contribution in [0.4, 0.5) is 5.69 Å². The summed E-state index contributed by atoms with van der Waals surface area (Å²) in [6.45, 7) is 2.52. The number of hydrogen-bond acceptors (Lipinski definition) is 4. The molecule has 1 heterocycles. The Kier molecular flexibility index (Phi) is 4.15. The summed E-state index contributed by atoms with van der Waals surface area (Å²) in [7, 11) is 1.97. The first kappa shape index (κ1) is 15.3. The van der Waals surface area contributed by atoms with E-state index in [4.69, 9.17) is 4.74 Å². The van der Waals surface area contributed by atoms with E-state index in [0.29, 0.717) is 12.2 Å². The molecular weight excluding hydrogens is 290 g/mol. The molecule has 3 rings (SSSR count). The van der Waals surface area contributed by atoms with E-state index < -0.39 is 10.9 Å². The van der Waals surface area contributed by atoms with Crippen molar-refractivity contribution in [1.82, 2.24) is 0 Å². The van der Waals surface area contributed by atoms with E-state index in [1.807, 2.05) is 48.5 Å². The molecule has 0 bridgehead atoms. The molecule has 1 aliphatic heterocycles. The Hall–Kier alpha value is -2.62. The maximum absolute atomic E-state index is 11.9. The molecular formula is C19H19NO3. The van der Waals surface area contributed by atoms with Crippen LogP contribution < -0.4 is 20.5 Å². The van der Waals surface area contributed by atoms with Crippen LogP contribution in [0.2, 0.25) is 0 Å². The van der Waals surface area contributed by atoms with Crippen molar-refractivity contribution in [2.45, 2.75) is 19.8 Å². The first-order valence-electron chi connectivity index (χ1n) is 7.81. The predicted molar refractivity (Wildman–Crippen MR) is 93.6 cm³/mol. The summed E-state index contributed by atoms with van der Waals surface area (Å²) < 4.78 is 5.49. The molecule has 0 spiro atoms. The summed E-state index contributed by atoms with van der Waals surface area (Å²) in [6, 6.07) is 7.96. The number of anilines is 1. The Morgan fingerprint density at radius 3 is 2.74 bits per heavy atom. The van der Waals surface area contributed by atoms with E-state index in [0.717, 1.165) is 29.7 Å². The van der Waals surface area contributed by atoms with E-state index in [-0.39, 0.29) is 5.75 Å². The third kappa shape index (κ3) is 2.72. The fourth-order valence-corrected chi connectivity index (χ4v) is 2.65. The number of allylic oxidation sites excluding steroid dienone is 2. The second-order valence-corrected chi connectivity index (χ2v) is 5.65. The van der Waals surface area contributed by atoms with Crippen molar-refractivity contribution in [1.29, 1.82) is 0 Å². The minimum Gasteiger partial charge on any atom is -0.489 e. The van der Waals surface area contributed by atoms with Gasteiger partial charge in [0.15, 0.2) is 5.75 Å². The molecule has 118 valence electrons. The zero-order chi connectivity index (χ0) is 16.4. The highest BCUT2D eigenvalue weighted by Gasteiger charge is 2.22. The van der Waals surface area contributed by atoms with Crippen LogP contribution in [0.25, 0.3) is 11.6 Å². The van der Waals surface area contributed by atoms with Crippen LogP contribution in [-0.4, -0.2) is 13.7 Å². The maximum atomic E-state index is 11.9. The fraction of sp³-hybridized carbons (Fsp3) is 0.263. The molecule has 0 atom stereocenters. The van der Waals surface area contributed by atoms with Crippen LogP contribution in [0.3, 0.4) is 0 Å². The third-order valence-electron chi connectivity index (χ3n) is 4.02. The number of ether oxygens (including phenoxy) is 1. The Morgan fingerprint density at radius 1 is 1.17 bits per heavy atom. The Bertz CT molecular complexity index is 854. The highest BCUT2D eigenvalue weighted by atomic mass is 16.5. The zero-order valence-electron chi connectivity index (χ0n) is 13.3. The van der Waals surface area contributed by atoms with Crippen LogP contribution in [0.5, 0.6) is 5.75 Å². The SMILES string of the molecule is CCCCOc1c(/C=C2\C=CN(C)c3ccccc32)c(=O)c1=O. The van der Waals surface area contributed by atoms with Gasteiger partial charge < -0.3 is 9.64 Å². The zero-order valence-corrected chi connectivity index (χ0v) is 13.3. The molecule has 2 aromatic rings. The number of fused-ring (bicyclic) bond motifs is 1. The van der Waals surface area contributed by atoms with Gasteiger partial charge >= 0.3 is 0 Å². The van der Waals surface area contributed by atoms with Gasteiger partial charge in [0.05, 0.1) is 12.2 Å². The minimum absolute atomic E-state index is 0.209. The highest BCUT2D eigenvalue weighted by molar-refractivity contribution is 5.95. The summed E-state index contributed by atoms with van der Waals surface area (Å²) in [5.41, 5.74) is 2.40. The molecule has 0 radical (unpaired) electrons. The highest BCUT2D eigenvalue weighted by Crippen LogP contribution is 2.33. The monoisotopic (exact) mass is 309 g/mol. The molecule has 0 amide bonds. The van der Waals surface area contributed by atoms with E-state index in [1.54, 1.807) is 6.08 Å². The third-order valence-corrected chi connectivity index (χ3v) is 4.02. The molecule has 0 saturated heterocycles. The van der Waals surface area contributed by atoms with Crippen LogP contribution >= 0.6 is 0 Å². The van der Waals surface area contributed by atoms with Gasteiger partial charge in [-0.05, 0) is 30.2 Å². The van der Waals surface area contributed by atoms with Gasteiger partial charge in [0.1, 0.15) is 0 Å². The second-order valence-electron chi connectivity index (χ2n) is 5.65. The van der Waals surface area contributed by atoms with Crippen molar-refractivity contribution in [3.05, 3.63) is 68.1 Å². The van der Waals surface area contributed by atoms with Crippen molar-refractivity contribution in [3.8, 4) is 5.75 Å². The fourth-order valence-electron chi connectivity index (χ4n) is 2.65. The van der Waals surface area contributed by atoms with Crippen molar-refractivity contribution >= 4 is 17.3 Å². The molecule has 0 aliphatic carbocycles. The molecule has 4 heteroatoms. The molecule has 1 aliphatic rings. The molecule has 0 saturated carbocycles. The number of rotatable bonds is 5.